The molecule has 0 fully saturated rings. The Kier molecular flexibility index (Phi) is 3.34. The first-order valence-corrected chi connectivity index (χ1v) is 5.72. The third kappa shape index (κ3) is 2.51. The third-order valence-corrected chi connectivity index (χ3v) is 2.78. The second kappa shape index (κ2) is 4.78. The van der Waals surface area contributed by atoms with Crippen LogP contribution in [-0.2, 0) is 0 Å². The highest BCUT2D eigenvalue weighted by Gasteiger charge is 2.16. The molecule has 0 spiro atoms. The molecule has 5 nitrogen and oxygen atoms in total. The molecule has 2 aromatic heterocycles. The van der Waals surface area contributed by atoms with Crippen LogP contribution in [0.2, 0.25) is 5.15 Å². The fourth-order valence-corrected chi connectivity index (χ4v) is 1.66. The number of pyridine rings is 1. The number of nitrogens with zero attached hydrogens (tertiary/aromatic N) is 2. The molecule has 94 valence electrons. The van der Waals surface area contributed by atoms with Gasteiger partial charge in [-0.05, 0) is 25.5 Å². The number of aryl methyl sites for hydroxylation is 3. The number of rotatable bonds is 2. The van der Waals surface area contributed by atoms with E-state index in [0.29, 0.717) is 22.4 Å². The number of hydrogen-bond donors (Lipinski definition) is 1. The van der Waals surface area contributed by atoms with Gasteiger partial charge in [-0.15, -0.1) is 0 Å². The second-order valence-electron chi connectivity index (χ2n) is 3.93. The van der Waals surface area contributed by atoms with Gasteiger partial charge >= 0.3 is 0 Å². The van der Waals surface area contributed by atoms with Gasteiger partial charge in [0.25, 0.3) is 5.91 Å². The van der Waals surface area contributed by atoms with E-state index in [-0.39, 0.29) is 11.7 Å². The molecule has 0 bridgehead atoms. The van der Waals surface area contributed by atoms with Crippen molar-refractivity contribution in [2.24, 2.45) is 0 Å². The number of nitrogens with one attached hydrogen (secondary N) is 1. The Morgan fingerprint density at radius 3 is 2.67 bits per heavy atom. The Hall–Kier alpha value is -1.88. The third-order valence-electron chi connectivity index (χ3n) is 2.38. The van der Waals surface area contributed by atoms with Gasteiger partial charge in [-0.2, -0.15) is 0 Å². The first kappa shape index (κ1) is 12.6. The molecule has 0 radical (unpaired) electrons. The minimum absolute atomic E-state index is 0.208. The fraction of sp³-hybridized carbons (Fsp3) is 0.250. The molecule has 0 aliphatic carbocycles. The van der Waals surface area contributed by atoms with Gasteiger partial charge in [0, 0.05) is 6.92 Å². The van der Waals surface area contributed by atoms with Gasteiger partial charge in [0.2, 0.25) is 5.76 Å². The summed E-state index contributed by atoms with van der Waals surface area (Å²) in [5.74, 6) is 0.319. The summed E-state index contributed by atoms with van der Waals surface area (Å²) in [7, 11) is 0. The predicted octanol–water partition coefficient (Wildman–Crippen LogP) is 2.90. The number of carbonyl (C=O) groups is 1. The minimum atomic E-state index is -0.350. The normalized spacial score (nSPS) is 10.4. The molecule has 2 rings (SSSR count). The summed E-state index contributed by atoms with van der Waals surface area (Å²) in [6, 6.07) is 1.74. The highest BCUT2D eigenvalue weighted by molar-refractivity contribution is 6.30. The molecule has 18 heavy (non-hydrogen) atoms. The van der Waals surface area contributed by atoms with Crippen LogP contribution in [0.1, 0.15) is 27.7 Å². The lowest BCUT2D eigenvalue weighted by molar-refractivity contribution is 0.0994. The summed E-state index contributed by atoms with van der Waals surface area (Å²) in [6.07, 6.45) is 1.49. The molecule has 1 amide bonds. The maximum Gasteiger partial charge on any atom is 0.293 e. The zero-order valence-corrected chi connectivity index (χ0v) is 11.0. The van der Waals surface area contributed by atoms with Crippen LogP contribution in [0.3, 0.4) is 0 Å². The van der Waals surface area contributed by atoms with Crippen molar-refractivity contribution in [2.45, 2.75) is 20.8 Å². The van der Waals surface area contributed by atoms with Crippen molar-refractivity contribution in [2.75, 3.05) is 5.32 Å². The van der Waals surface area contributed by atoms with E-state index >= 15 is 0 Å². The summed E-state index contributed by atoms with van der Waals surface area (Å²) < 4.78 is 5.23. The van der Waals surface area contributed by atoms with Crippen molar-refractivity contribution in [1.82, 2.24) is 9.97 Å². The molecule has 0 atom stereocenters. The Balaban J connectivity index is 2.21. The van der Waals surface area contributed by atoms with E-state index in [1.54, 1.807) is 19.9 Å². The van der Waals surface area contributed by atoms with Crippen LogP contribution in [0.4, 0.5) is 5.69 Å². The number of oxazole rings is 1. The first-order valence-electron chi connectivity index (χ1n) is 5.35. The molecule has 0 aliphatic heterocycles. The number of halogens is 1. The van der Waals surface area contributed by atoms with Gasteiger partial charge in [-0.25, -0.2) is 9.97 Å². The molecule has 0 aliphatic rings. The number of anilines is 1. The molecular formula is C12H12ClN3O2. The van der Waals surface area contributed by atoms with E-state index in [1.807, 2.05) is 6.92 Å². The largest absolute Gasteiger partial charge is 0.436 e. The lowest BCUT2D eigenvalue weighted by Gasteiger charge is -2.04. The van der Waals surface area contributed by atoms with Gasteiger partial charge in [0.05, 0.1) is 17.6 Å². The first-order chi connectivity index (χ1) is 8.47. The number of aromatic nitrogens is 2. The van der Waals surface area contributed by atoms with Crippen molar-refractivity contribution in [3.63, 3.8) is 0 Å². The average molecular weight is 266 g/mol. The van der Waals surface area contributed by atoms with E-state index in [0.717, 1.165) is 5.56 Å². The molecule has 2 heterocycles. The van der Waals surface area contributed by atoms with E-state index in [1.165, 1.54) is 6.20 Å². The quantitative estimate of drug-likeness (QED) is 0.848. The van der Waals surface area contributed by atoms with Gasteiger partial charge < -0.3 is 9.73 Å². The maximum absolute atomic E-state index is 11.9. The molecule has 0 unspecified atom stereocenters. The van der Waals surface area contributed by atoms with Crippen LogP contribution in [-0.4, -0.2) is 15.9 Å². The standard InChI is InChI=1S/C12H12ClN3O2/c1-6-4-9(5-14-11(6)13)16-12(17)10-7(2)15-8(3)18-10/h4-5H,1-3H3,(H,16,17). The molecule has 0 saturated carbocycles. The van der Waals surface area contributed by atoms with Gasteiger partial charge in [-0.3, -0.25) is 4.79 Å². The second-order valence-corrected chi connectivity index (χ2v) is 4.29. The van der Waals surface area contributed by atoms with Crippen molar-refractivity contribution in [1.29, 1.82) is 0 Å². The average Bonchev–Trinajstić information content (AvgIpc) is 2.63. The van der Waals surface area contributed by atoms with Gasteiger partial charge in [0.1, 0.15) is 5.15 Å². The summed E-state index contributed by atoms with van der Waals surface area (Å²) in [4.78, 5) is 19.9. The Bertz CT molecular complexity index is 607. The topological polar surface area (TPSA) is 68.0 Å². The molecule has 0 aromatic carbocycles. The number of amides is 1. The fourth-order valence-electron chi connectivity index (χ4n) is 1.56. The van der Waals surface area contributed by atoms with Gasteiger partial charge in [-0.1, -0.05) is 11.6 Å². The summed E-state index contributed by atoms with van der Waals surface area (Å²) >= 11 is 5.81. The van der Waals surface area contributed by atoms with Crippen LogP contribution >= 0.6 is 11.6 Å². The van der Waals surface area contributed by atoms with Crippen LogP contribution in [0.25, 0.3) is 0 Å². The van der Waals surface area contributed by atoms with Crippen molar-refractivity contribution >= 4 is 23.2 Å². The molecule has 0 saturated heterocycles. The van der Waals surface area contributed by atoms with Crippen LogP contribution in [0, 0.1) is 20.8 Å². The Morgan fingerprint density at radius 2 is 2.11 bits per heavy atom. The van der Waals surface area contributed by atoms with E-state index < -0.39 is 0 Å². The Morgan fingerprint density at radius 1 is 1.39 bits per heavy atom. The lowest BCUT2D eigenvalue weighted by atomic mass is 10.3. The maximum atomic E-state index is 11.9. The van der Waals surface area contributed by atoms with Crippen LogP contribution in [0.15, 0.2) is 16.7 Å². The molecule has 1 N–H and O–H groups in total. The van der Waals surface area contributed by atoms with Crippen LogP contribution < -0.4 is 5.32 Å². The predicted molar refractivity (Wildman–Crippen MR) is 67.9 cm³/mol. The minimum Gasteiger partial charge on any atom is -0.436 e. The monoisotopic (exact) mass is 265 g/mol. The lowest BCUT2D eigenvalue weighted by Crippen LogP contribution is -2.12. The van der Waals surface area contributed by atoms with E-state index in [9.17, 15) is 4.79 Å². The highest BCUT2D eigenvalue weighted by Crippen LogP contribution is 2.17. The van der Waals surface area contributed by atoms with Gasteiger partial charge in [0.15, 0.2) is 5.89 Å². The van der Waals surface area contributed by atoms with Crippen LogP contribution in [0.5, 0.6) is 0 Å². The number of hydrogen-bond acceptors (Lipinski definition) is 4. The van der Waals surface area contributed by atoms with E-state index in [2.05, 4.69) is 15.3 Å². The summed E-state index contributed by atoms with van der Waals surface area (Å²) in [5.41, 5.74) is 1.92. The smallest absolute Gasteiger partial charge is 0.293 e. The van der Waals surface area contributed by atoms with Crippen molar-refractivity contribution in [3.8, 4) is 0 Å². The Labute approximate surface area is 109 Å². The molecule has 2 aromatic rings. The van der Waals surface area contributed by atoms with Crippen molar-refractivity contribution < 1.29 is 9.21 Å². The zero-order valence-electron chi connectivity index (χ0n) is 10.2. The summed E-state index contributed by atoms with van der Waals surface area (Å²) in [6.45, 7) is 5.23. The SMILES string of the molecule is Cc1nc(C)c(C(=O)Nc2cnc(Cl)c(C)c2)o1. The molecular weight excluding hydrogens is 254 g/mol. The van der Waals surface area contributed by atoms with E-state index in [4.69, 9.17) is 16.0 Å². The zero-order chi connectivity index (χ0) is 13.3. The molecule has 6 heteroatoms. The number of carbonyl (C=O) groups excluding carboxylic acids is 1. The summed E-state index contributed by atoms with van der Waals surface area (Å²) in [5, 5.41) is 3.10. The highest BCUT2D eigenvalue weighted by atomic mass is 35.5. The van der Waals surface area contributed by atoms with Crippen molar-refractivity contribution in [3.05, 3.63) is 40.3 Å².